The average Bonchev–Trinajstić information content (AvgIpc) is 2.39. The van der Waals surface area contributed by atoms with Crippen molar-refractivity contribution in [3.05, 3.63) is 0 Å². The summed E-state index contributed by atoms with van der Waals surface area (Å²) in [7, 11) is 0. The van der Waals surface area contributed by atoms with E-state index in [4.69, 9.17) is 10.8 Å². The van der Waals surface area contributed by atoms with Crippen LogP contribution in [-0.2, 0) is 4.79 Å². The molecule has 0 aromatic carbocycles. The van der Waals surface area contributed by atoms with Gasteiger partial charge in [0.2, 0.25) is 0 Å². The Balaban J connectivity index is 0.00000121. The number of halogens is 1. The highest BCUT2D eigenvalue weighted by atomic mass is 35.5. The molecule has 1 aliphatic rings. The van der Waals surface area contributed by atoms with Crippen molar-refractivity contribution in [2.45, 2.75) is 38.1 Å². The molecule has 0 aromatic heterocycles. The van der Waals surface area contributed by atoms with E-state index in [1.54, 1.807) is 0 Å². The van der Waals surface area contributed by atoms with E-state index < -0.39 is 12.0 Å². The molecule has 0 bridgehead atoms. The van der Waals surface area contributed by atoms with E-state index in [9.17, 15) is 4.79 Å². The van der Waals surface area contributed by atoms with Crippen LogP contribution in [0.15, 0.2) is 0 Å². The van der Waals surface area contributed by atoms with Crippen LogP contribution < -0.4 is 5.73 Å². The highest BCUT2D eigenvalue weighted by Gasteiger charge is 2.21. The van der Waals surface area contributed by atoms with Crippen LogP contribution in [0.3, 0.4) is 0 Å². The van der Waals surface area contributed by atoms with Crippen molar-refractivity contribution >= 4 is 18.4 Å². The molecule has 72 valence electrons. The number of rotatable bonds is 3. The van der Waals surface area contributed by atoms with Gasteiger partial charge in [-0.3, -0.25) is 4.79 Å². The molecule has 1 aliphatic carbocycles. The lowest BCUT2D eigenvalue weighted by Crippen LogP contribution is -2.31. The largest absolute Gasteiger partial charge is 0.480 e. The van der Waals surface area contributed by atoms with Crippen molar-refractivity contribution in [1.29, 1.82) is 0 Å². The maximum absolute atomic E-state index is 10.4. The van der Waals surface area contributed by atoms with Gasteiger partial charge in [-0.05, 0) is 12.3 Å². The van der Waals surface area contributed by atoms with Gasteiger partial charge in [0, 0.05) is 0 Å². The topological polar surface area (TPSA) is 63.3 Å². The highest BCUT2D eigenvalue weighted by molar-refractivity contribution is 5.85. The van der Waals surface area contributed by atoms with Crippen LogP contribution in [-0.4, -0.2) is 17.1 Å². The quantitative estimate of drug-likeness (QED) is 0.712. The molecule has 3 N–H and O–H groups in total. The average molecular weight is 194 g/mol. The van der Waals surface area contributed by atoms with Gasteiger partial charge in [-0.15, -0.1) is 12.4 Å². The number of carboxylic acid groups (broad SMARTS) is 1. The number of carbonyl (C=O) groups is 1. The number of hydrogen-bond acceptors (Lipinski definition) is 2. The minimum absolute atomic E-state index is 0. The molecule has 4 heteroatoms. The summed E-state index contributed by atoms with van der Waals surface area (Å²) in [6.45, 7) is 0. The molecular formula is C8H16ClNO2. The molecule has 0 saturated heterocycles. The van der Waals surface area contributed by atoms with E-state index in [0.29, 0.717) is 12.3 Å². The van der Waals surface area contributed by atoms with E-state index in [2.05, 4.69) is 0 Å². The van der Waals surface area contributed by atoms with E-state index in [0.717, 1.165) is 0 Å². The molecule has 0 spiro atoms. The van der Waals surface area contributed by atoms with Gasteiger partial charge < -0.3 is 10.8 Å². The normalized spacial score (nSPS) is 20.1. The Morgan fingerprint density at radius 1 is 1.50 bits per heavy atom. The van der Waals surface area contributed by atoms with Crippen molar-refractivity contribution in [3.8, 4) is 0 Å². The molecule has 1 unspecified atom stereocenters. The third-order valence-corrected chi connectivity index (χ3v) is 2.38. The molecule has 0 aliphatic heterocycles. The Bertz CT molecular complexity index is 146. The lowest BCUT2D eigenvalue weighted by atomic mass is 9.99. The SMILES string of the molecule is Cl.NC(CC1CCCC1)C(=O)O. The summed E-state index contributed by atoms with van der Waals surface area (Å²) in [6, 6.07) is -0.641. The van der Waals surface area contributed by atoms with Crippen LogP contribution in [0.4, 0.5) is 0 Å². The van der Waals surface area contributed by atoms with E-state index in [1.807, 2.05) is 0 Å². The maximum atomic E-state index is 10.4. The number of aliphatic carboxylic acids is 1. The molecule has 0 aromatic rings. The van der Waals surface area contributed by atoms with Gasteiger partial charge >= 0.3 is 5.97 Å². The lowest BCUT2D eigenvalue weighted by Gasteiger charge is -2.11. The smallest absolute Gasteiger partial charge is 0.320 e. The fraction of sp³-hybridized carbons (Fsp3) is 0.875. The molecule has 12 heavy (non-hydrogen) atoms. The Kier molecular flexibility index (Phi) is 5.25. The number of hydrogen-bond donors (Lipinski definition) is 2. The fourth-order valence-corrected chi connectivity index (χ4v) is 1.71. The van der Waals surface area contributed by atoms with Crippen molar-refractivity contribution < 1.29 is 9.90 Å². The van der Waals surface area contributed by atoms with Gasteiger partial charge in [-0.1, -0.05) is 25.7 Å². The summed E-state index contributed by atoms with van der Waals surface area (Å²) in [5.74, 6) is -0.294. The molecule has 1 fully saturated rings. The summed E-state index contributed by atoms with van der Waals surface area (Å²) in [5.41, 5.74) is 5.40. The fourth-order valence-electron chi connectivity index (χ4n) is 1.71. The van der Waals surface area contributed by atoms with E-state index in [1.165, 1.54) is 25.7 Å². The second kappa shape index (κ2) is 5.38. The number of carboxylic acids is 1. The zero-order chi connectivity index (χ0) is 8.27. The first-order valence-electron chi connectivity index (χ1n) is 4.18. The number of nitrogens with two attached hydrogens (primary N) is 1. The molecule has 0 heterocycles. The van der Waals surface area contributed by atoms with Crippen molar-refractivity contribution in [2.24, 2.45) is 11.7 Å². The molecular weight excluding hydrogens is 178 g/mol. The van der Waals surface area contributed by atoms with Crippen LogP contribution in [0, 0.1) is 5.92 Å². The van der Waals surface area contributed by atoms with Gasteiger partial charge in [0.25, 0.3) is 0 Å². The van der Waals surface area contributed by atoms with Gasteiger partial charge in [0.1, 0.15) is 6.04 Å². The van der Waals surface area contributed by atoms with Crippen molar-refractivity contribution in [3.63, 3.8) is 0 Å². The zero-order valence-corrected chi connectivity index (χ0v) is 7.85. The molecule has 0 radical (unpaired) electrons. The Morgan fingerprint density at radius 2 is 2.00 bits per heavy atom. The summed E-state index contributed by atoms with van der Waals surface area (Å²) in [6.07, 6.45) is 5.49. The van der Waals surface area contributed by atoms with E-state index in [-0.39, 0.29) is 12.4 Å². The van der Waals surface area contributed by atoms with Crippen molar-refractivity contribution in [2.75, 3.05) is 0 Å². The summed E-state index contributed by atoms with van der Waals surface area (Å²) in [4.78, 5) is 10.4. The Labute approximate surface area is 78.7 Å². The minimum Gasteiger partial charge on any atom is -0.480 e. The standard InChI is InChI=1S/C8H15NO2.ClH/c9-7(8(10)11)5-6-3-1-2-4-6;/h6-7H,1-5,9H2,(H,10,11);1H. The van der Waals surface area contributed by atoms with Crippen LogP contribution in [0.2, 0.25) is 0 Å². The monoisotopic (exact) mass is 193 g/mol. The van der Waals surface area contributed by atoms with Gasteiger partial charge in [0.05, 0.1) is 0 Å². The third-order valence-electron chi connectivity index (χ3n) is 2.38. The lowest BCUT2D eigenvalue weighted by molar-refractivity contribution is -0.138. The summed E-state index contributed by atoms with van der Waals surface area (Å²) >= 11 is 0. The predicted molar refractivity (Wildman–Crippen MR) is 49.4 cm³/mol. The van der Waals surface area contributed by atoms with E-state index >= 15 is 0 Å². The van der Waals surface area contributed by atoms with Crippen LogP contribution in [0.1, 0.15) is 32.1 Å². The molecule has 1 saturated carbocycles. The van der Waals surface area contributed by atoms with Gasteiger partial charge in [0.15, 0.2) is 0 Å². The molecule has 3 nitrogen and oxygen atoms in total. The van der Waals surface area contributed by atoms with Crippen LogP contribution in [0.5, 0.6) is 0 Å². The second-order valence-corrected chi connectivity index (χ2v) is 3.33. The van der Waals surface area contributed by atoms with Crippen LogP contribution in [0.25, 0.3) is 0 Å². The second-order valence-electron chi connectivity index (χ2n) is 3.33. The Hall–Kier alpha value is -0.280. The predicted octanol–water partition coefficient (Wildman–Crippen LogP) is 1.40. The van der Waals surface area contributed by atoms with Crippen LogP contribution >= 0.6 is 12.4 Å². The molecule has 0 amide bonds. The molecule has 1 rings (SSSR count). The summed E-state index contributed by atoms with van der Waals surface area (Å²) in [5, 5.41) is 8.52. The van der Waals surface area contributed by atoms with Gasteiger partial charge in [-0.25, -0.2) is 0 Å². The first-order chi connectivity index (χ1) is 5.20. The third kappa shape index (κ3) is 3.41. The highest BCUT2D eigenvalue weighted by Crippen LogP contribution is 2.28. The zero-order valence-electron chi connectivity index (χ0n) is 7.03. The first kappa shape index (κ1) is 11.7. The van der Waals surface area contributed by atoms with Gasteiger partial charge in [-0.2, -0.15) is 0 Å². The maximum Gasteiger partial charge on any atom is 0.320 e. The summed E-state index contributed by atoms with van der Waals surface area (Å²) < 4.78 is 0. The minimum atomic E-state index is -0.864. The molecule has 1 atom stereocenters. The Morgan fingerprint density at radius 3 is 2.42 bits per heavy atom. The van der Waals surface area contributed by atoms with Crippen molar-refractivity contribution in [1.82, 2.24) is 0 Å². The first-order valence-corrected chi connectivity index (χ1v) is 4.18.